The van der Waals surface area contributed by atoms with E-state index in [4.69, 9.17) is 4.74 Å². The van der Waals surface area contributed by atoms with Gasteiger partial charge in [-0.1, -0.05) is 12.8 Å². The molecule has 1 saturated heterocycles. The third-order valence-electron chi connectivity index (χ3n) is 4.49. The van der Waals surface area contributed by atoms with Crippen molar-refractivity contribution < 1.29 is 14.6 Å². The van der Waals surface area contributed by atoms with Gasteiger partial charge in [0.25, 0.3) is 0 Å². The zero-order valence-electron chi connectivity index (χ0n) is 14.3. The fourth-order valence-electron chi connectivity index (χ4n) is 3.41. The van der Waals surface area contributed by atoms with Crippen LogP contribution in [-0.2, 0) is 11.2 Å². The highest BCUT2D eigenvalue weighted by Gasteiger charge is 2.45. The summed E-state index contributed by atoms with van der Waals surface area (Å²) in [5.41, 5.74) is -0.500. The van der Waals surface area contributed by atoms with Gasteiger partial charge in [0.15, 0.2) is 0 Å². The lowest BCUT2D eigenvalue weighted by Crippen LogP contribution is -2.65. The normalized spacial score (nSPS) is 21.3. The first kappa shape index (κ1) is 16.3. The second-order valence-corrected chi connectivity index (χ2v) is 7.96. The predicted molar refractivity (Wildman–Crippen MR) is 86.2 cm³/mol. The van der Waals surface area contributed by atoms with Crippen LogP contribution in [0.25, 0.3) is 0 Å². The van der Waals surface area contributed by atoms with Crippen molar-refractivity contribution in [3.8, 4) is 0 Å². The minimum absolute atomic E-state index is 0.304. The van der Waals surface area contributed by atoms with E-state index in [0.29, 0.717) is 25.6 Å². The average molecular weight is 321 g/mol. The summed E-state index contributed by atoms with van der Waals surface area (Å²) in [5.74, 6) is 0. The molecule has 1 saturated carbocycles. The molecule has 1 amide bonds. The molecule has 0 aromatic carbocycles. The second-order valence-electron chi connectivity index (χ2n) is 7.96. The van der Waals surface area contributed by atoms with E-state index in [1.807, 2.05) is 37.7 Å². The molecule has 23 heavy (non-hydrogen) atoms. The van der Waals surface area contributed by atoms with Gasteiger partial charge in [-0.25, -0.2) is 4.79 Å². The molecule has 2 aliphatic rings. The molecule has 1 aliphatic heterocycles. The maximum absolute atomic E-state index is 11.9. The van der Waals surface area contributed by atoms with Crippen molar-refractivity contribution in [2.45, 2.75) is 70.1 Å². The molecule has 2 heterocycles. The van der Waals surface area contributed by atoms with E-state index in [-0.39, 0.29) is 6.09 Å². The quantitative estimate of drug-likeness (QED) is 0.929. The van der Waals surface area contributed by atoms with Crippen LogP contribution < -0.4 is 0 Å². The number of aliphatic hydroxyl groups is 1. The Morgan fingerprint density at radius 1 is 1.39 bits per heavy atom. The van der Waals surface area contributed by atoms with Crippen LogP contribution in [0.4, 0.5) is 4.79 Å². The van der Waals surface area contributed by atoms with Gasteiger partial charge in [0, 0.05) is 12.6 Å². The Morgan fingerprint density at radius 2 is 2.04 bits per heavy atom. The summed E-state index contributed by atoms with van der Waals surface area (Å²) in [6, 6.07) is 2.49. The lowest BCUT2D eigenvalue weighted by atomic mass is 9.89. The molecule has 128 valence electrons. The van der Waals surface area contributed by atoms with Crippen LogP contribution in [0.3, 0.4) is 0 Å². The molecule has 1 aromatic rings. The Kier molecular flexibility index (Phi) is 4.12. The predicted octanol–water partition coefficient (Wildman–Crippen LogP) is 2.52. The first-order valence-corrected chi connectivity index (χ1v) is 8.48. The molecule has 0 bridgehead atoms. The molecular formula is C17H27N3O3. The van der Waals surface area contributed by atoms with Gasteiger partial charge in [0.05, 0.1) is 24.8 Å². The minimum atomic E-state index is -0.883. The Morgan fingerprint density at radius 3 is 2.65 bits per heavy atom. The van der Waals surface area contributed by atoms with Crippen LogP contribution in [0.5, 0.6) is 0 Å². The second kappa shape index (κ2) is 5.82. The maximum atomic E-state index is 11.9. The number of hydrogen-bond donors (Lipinski definition) is 1. The molecule has 0 unspecified atom stereocenters. The third kappa shape index (κ3) is 3.86. The molecule has 1 aliphatic carbocycles. The van der Waals surface area contributed by atoms with Gasteiger partial charge in [-0.15, -0.1) is 0 Å². The van der Waals surface area contributed by atoms with Crippen molar-refractivity contribution in [3.05, 3.63) is 18.0 Å². The molecule has 6 heteroatoms. The molecule has 1 N–H and O–H groups in total. The number of likely N-dealkylation sites (tertiary alicyclic amines) is 1. The molecular weight excluding hydrogens is 294 g/mol. The molecule has 6 nitrogen and oxygen atoms in total. The number of β-amino-alcohol motifs (C(OH)–C–C–N with tert-alkyl or cyclic N) is 1. The molecule has 3 rings (SSSR count). The number of ether oxygens (including phenoxy) is 1. The van der Waals surface area contributed by atoms with E-state index < -0.39 is 11.2 Å². The van der Waals surface area contributed by atoms with E-state index in [2.05, 4.69) is 5.10 Å². The average Bonchev–Trinajstić information content (AvgIpc) is 3.03. The standard InChI is InChI=1S/C17H27N3O3/c1-16(2,3)23-15(21)19-11-17(22,12-19)10-13-8-9-20(18-13)14-6-4-5-7-14/h8-9,14,22H,4-7,10-12H2,1-3H3. The minimum Gasteiger partial charge on any atom is -0.444 e. The molecule has 0 radical (unpaired) electrons. The number of amides is 1. The molecule has 0 spiro atoms. The number of hydrogen-bond acceptors (Lipinski definition) is 4. The third-order valence-corrected chi connectivity index (χ3v) is 4.49. The van der Waals surface area contributed by atoms with Crippen LogP contribution in [0.2, 0.25) is 0 Å². The summed E-state index contributed by atoms with van der Waals surface area (Å²) < 4.78 is 7.35. The number of rotatable bonds is 3. The molecule has 0 atom stereocenters. The molecule has 2 fully saturated rings. The summed E-state index contributed by atoms with van der Waals surface area (Å²) in [4.78, 5) is 13.5. The fraction of sp³-hybridized carbons (Fsp3) is 0.765. The Labute approximate surface area is 137 Å². The highest BCUT2D eigenvalue weighted by Crippen LogP contribution is 2.30. The SMILES string of the molecule is CC(C)(C)OC(=O)N1CC(O)(Cc2ccn(C3CCCC3)n2)C1. The zero-order valence-corrected chi connectivity index (χ0v) is 14.3. The Balaban J connectivity index is 1.52. The maximum Gasteiger partial charge on any atom is 0.410 e. The van der Waals surface area contributed by atoms with Gasteiger partial charge >= 0.3 is 6.09 Å². The summed E-state index contributed by atoms with van der Waals surface area (Å²) >= 11 is 0. The number of nitrogens with zero attached hydrogens (tertiary/aromatic N) is 3. The van der Waals surface area contributed by atoms with Crippen molar-refractivity contribution in [1.82, 2.24) is 14.7 Å². The highest BCUT2D eigenvalue weighted by atomic mass is 16.6. The number of carbonyl (C=O) groups excluding carboxylic acids is 1. The lowest BCUT2D eigenvalue weighted by Gasteiger charge is -2.46. The largest absolute Gasteiger partial charge is 0.444 e. The number of aromatic nitrogens is 2. The summed E-state index contributed by atoms with van der Waals surface area (Å²) in [6.45, 7) is 6.13. The number of carbonyl (C=O) groups is 1. The first-order valence-electron chi connectivity index (χ1n) is 8.48. The zero-order chi connectivity index (χ0) is 16.7. The van der Waals surface area contributed by atoms with Gasteiger partial charge in [-0.05, 0) is 39.7 Å². The first-order chi connectivity index (χ1) is 10.7. The fourth-order valence-corrected chi connectivity index (χ4v) is 3.41. The van der Waals surface area contributed by atoms with Crippen LogP contribution in [0.1, 0.15) is 58.2 Å². The summed E-state index contributed by atoms with van der Waals surface area (Å²) in [6.07, 6.45) is 7.06. The van der Waals surface area contributed by atoms with E-state index >= 15 is 0 Å². The Hall–Kier alpha value is -1.56. The van der Waals surface area contributed by atoms with Crippen LogP contribution >= 0.6 is 0 Å². The van der Waals surface area contributed by atoms with Crippen molar-refractivity contribution in [3.63, 3.8) is 0 Å². The van der Waals surface area contributed by atoms with Gasteiger partial charge in [-0.3, -0.25) is 4.68 Å². The smallest absolute Gasteiger partial charge is 0.410 e. The van der Waals surface area contributed by atoms with Gasteiger partial charge in [0.1, 0.15) is 11.2 Å². The van der Waals surface area contributed by atoms with Gasteiger partial charge in [0.2, 0.25) is 0 Å². The molecule has 1 aromatic heterocycles. The topological polar surface area (TPSA) is 67.6 Å². The van der Waals surface area contributed by atoms with Crippen LogP contribution in [0.15, 0.2) is 12.3 Å². The van der Waals surface area contributed by atoms with Crippen molar-refractivity contribution >= 4 is 6.09 Å². The monoisotopic (exact) mass is 321 g/mol. The van der Waals surface area contributed by atoms with E-state index in [1.165, 1.54) is 25.7 Å². The van der Waals surface area contributed by atoms with Crippen LogP contribution in [0, 0.1) is 0 Å². The highest BCUT2D eigenvalue weighted by molar-refractivity contribution is 5.69. The summed E-state index contributed by atoms with van der Waals surface area (Å²) in [5, 5.41) is 15.2. The van der Waals surface area contributed by atoms with Crippen molar-refractivity contribution in [1.29, 1.82) is 0 Å². The van der Waals surface area contributed by atoms with E-state index in [0.717, 1.165) is 5.69 Å². The van der Waals surface area contributed by atoms with Gasteiger partial charge < -0.3 is 14.7 Å². The van der Waals surface area contributed by atoms with Gasteiger partial charge in [-0.2, -0.15) is 5.10 Å². The lowest BCUT2D eigenvalue weighted by molar-refractivity contribution is -0.0978. The van der Waals surface area contributed by atoms with Crippen molar-refractivity contribution in [2.24, 2.45) is 0 Å². The summed E-state index contributed by atoms with van der Waals surface area (Å²) in [7, 11) is 0. The van der Waals surface area contributed by atoms with Crippen LogP contribution in [-0.4, -0.2) is 50.2 Å². The van der Waals surface area contributed by atoms with E-state index in [1.54, 1.807) is 4.90 Å². The van der Waals surface area contributed by atoms with Crippen molar-refractivity contribution in [2.75, 3.05) is 13.1 Å². The van der Waals surface area contributed by atoms with E-state index in [9.17, 15) is 9.90 Å². The Bertz CT molecular complexity index is 564.